The van der Waals surface area contributed by atoms with Crippen LogP contribution >= 0.6 is 27.5 Å². The van der Waals surface area contributed by atoms with Gasteiger partial charge in [-0.1, -0.05) is 24.9 Å². The number of hydrogen-bond acceptors (Lipinski definition) is 3. The monoisotopic (exact) mass is 349 g/mol. The van der Waals surface area contributed by atoms with E-state index in [1.54, 1.807) is 18.2 Å². The molecule has 106 valence electrons. The maximum Gasteiger partial charge on any atom is 0.320 e. The summed E-state index contributed by atoms with van der Waals surface area (Å²) in [4.78, 5) is 10.9. The van der Waals surface area contributed by atoms with E-state index in [9.17, 15) is 4.79 Å². The minimum atomic E-state index is -0.825. The molecule has 2 N–H and O–H groups in total. The van der Waals surface area contributed by atoms with Gasteiger partial charge in [0.15, 0.2) is 0 Å². The topological polar surface area (TPSA) is 58.6 Å². The van der Waals surface area contributed by atoms with Crippen molar-refractivity contribution in [1.29, 1.82) is 0 Å². The summed E-state index contributed by atoms with van der Waals surface area (Å²) in [6.45, 7) is 2.83. The van der Waals surface area contributed by atoms with Crippen LogP contribution < -0.4 is 10.1 Å². The average Bonchev–Trinajstić information content (AvgIpc) is 2.35. The Bertz CT molecular complexity index is 428. The molecule has 0 aliphatic carbocycles. The Morgan fingerprint density at radius 1 is 1.58 bits per heavy atom. The van der Waals surface area contributed by atoms with Gasteiger partial charge in [0, 0.05) is 11.6 Å². The van der Waals surface area contributed by atoms with E-state index in [0.29, 0.717) is 30.3 Å². The minimum Gasteiger partial charge on any atom is -0.491 e. The molecule has 6 heteroatoms. The third kappa shape index (κ3) is 5.80. The van der Waals surface area contributed by atoms with Gasteiger partial charge < -0.3 is 15.2 Å². The molecular formula is C13H17BrClNO3. The molecule has 0 saturated heterocycles. The maximum absolute atomic E-state index is 10.9. The molecule has 0 bridgehead atoms. The van der Waals surface area contributed by atoms with Crippen molar-refractivity contribution in [2.75, 3.05) is 13.2 Å². The first kappa shape index (κ1) is 16.3. The van der Waals surface area contributed by atoms with Crippen molar-refractivity contribution in [3.05, 3.63) is 27.7 Å². The van der Waals surface area contributed by atoms with E-state index in [2.05, 4.69) is 21.2 Å². The molecule has 1 atom stereocenters. The van der Waals surface area contributed by atoms with Gasteiger partial charge in [-0.15, -0.1) is 0 Å². The van der Waals surface area contributed by atoms with Crippen molar-refractivity contribution in [2.45, 2.75) is 25.8 Å². The van der Waals surface area contributed by atoms with Gasteiger partial charge in [0.25, 0.3) is 0 Å². The average molecular weight is 351 g/mol. The van der Waals surface area contributed by atoms with Crippen LogP contribution in [-0.2, 0) is 4.79 Å². The third-order valence-corrected chi connectivity index (χ3v) is 3.37. The summed E-state index contributed by atoms with van der Waals surface area (Å²) in [6, 6.07) is 4.75. The Morgan fingerprint density at radius 3 is 2.89 bits per heavy atom. The lowest BCUT2D eigenvalue weighted by atomic mass is 10.2. The van der Waals surface area contributed by atoms with Crippen LogP contribution in [0.3, 0.4) is 0 Å². The number of carboxylic acid groups (broad SMARTS) is 1. The van der Waals surface area contributed by atoms with Gasteiger partial charge in [0.1, 0.15) is 18.4 Å². The Balaban J connectivity index is 2.35. The largest absolute Gasteiger partial charge is 0.491 e. The van der Waals surface area contributed by atoms with Crippen molar-refractivity contribution in [3.8, 4) is 5.75 Å². The molecule has 1 aromatic carbocycles. The standard InChI is InChI=1S/C13H17BrClNO3/c1-2-3-11(13(17)18)16-6-7-19-12-5-4-9(15)8-10(12)14/h4-5,8,11,16H,2-3,6-7H2,1H3,(H,17,18). The van der Waals surface area contributed by atoms with Crippen LogP contribution in [0.4, 0.5) is 0 Å². The smallest absolute Gasteiger partial charge is 0.320 e. The summed E-state index contributed by atoms with van der Waals surface area (Å²) in [7, 11) is 0. The van der Waals surface area contributed by atoms with Crippen LogP contribution in [0.25, 0.3) is 0 Å². The fraction of sp³-hybridized carbons (Fsp3) is 0.462. The number of aliphatic carboxylic acids is 1. The summed E-state index contributed by atoms with van der Waals surface area (Å²) in [6.07, 6.45) is 1.44. The van der Waals surface area contributed by atoms with Crippen molar-refractivity contribution in [3.63, 3.8) is 0 Å². The summed E-state index contributed by atoms with van der Waals surface area (Å²) in [5.74, 6) is -0.136. The Kier molecular flexibility index (Phi) is 7.20. The number of halogens is 2. The molecular weight excluding hydrogens is 334 g/mol. The normalized spacial score (nSPS) is 12.2. The van der Waals surface area contributed by atoms with Crippen LogP contribution in [-0.4, -0.2) is 30.3 Å². The lowest BCUT2D eigenvalue weighted by Gasteiger charge is -2.14. The van der Waals surface area contributed by atoms with E-state index in [-0.39, 0.29) is 0 Å². The second-order valence-electron chi connectivity index (χ2n) is 4.06. The fourth-order valence-corrected chi connectivity index (χ4v) is 2.39. The summed E-state index contributed by atoms with van der Waals surface area (Å²) in [5, 5.41) is 12.6. The third-order valence-electron chi connectivity index (χ3n) is 2.52. The van der Waals surface area contributed by atoms with E-state index in [0.717, 1.165) is 10.9 Å². The van der Waals surface area contributed by atoms with Gasteiger partial charge in [-0.05, 0) is 40.5 Å². The number of benzene rings is 1. The van der Waals surface area contributed by atoms with Crippen molar-refractivity contribution in [1.82, 2.24) is 5.32 Å². The second kappa shape index (κ2) is 8.40. The van der Waals surface area contributed by atoms with Crippen molar-refractivity contribution >= 4 is 33.5 Å². The Morgan fingerprint density at radius 2 is 2.32 bits per heavy atom. The van der Waals surface area contributed by atoms with Crippen LogP contribution in [0.2, 0.25) is 5.02 Å². The molecule has 4 nitrogen and oxygen atoms in total. The van der Waals surface area contributed by atoms with E-state index in [1.807, 2.05) is 6.92 Å². The van der Waals surface area contributed by atoms with Crippen LogP contribution in [0.5, 0.6) is 5.75 Å². The quantitative estimate of drug-likeness (QED) is 0.706. The van der Waals surface area contributed by atoms with Crippen molar-refractivity contribution in [2.24, 2.45) is 0 Å². The summed E-state index contributed by atoms with van der Waals surface area (Å²) < 4.78 is 6.32. The number of carboxylic acids is 1. The van der Waals surface area contributed by atoms with Crippen molar-refractivity contribution < 1.29 is 14.6 Å². The Hall–Kier alpha value is -0.780. The molecule has 0 amide bonds. The maximum atomic E-state index is 10.9. The first-order valence-corrected chi connectivity index (χ1v) is 7.25. The first-order valence-electron chi connectivity index (χ1n) is 6.08. The van der Waals surface area contributed by atoms with Crippen LogP contribution in [0.15, 0.2) is 22.7 Å². The molecule has 1 unspecified atom stereocenters. The number of nitrogens with one attached hydrogen (secondary N) is 1. The van der Waals surface area contributed by atoms with E-state index in [1.165, 1.54) is 0 Å². The predicted octanol–water partition coefficient (Wildman–Crippen LogP) is 3.32. The van der Waals surface area contributed by atoms with Gasteiger partial charge >= 0.3 is 5.97 Å². The highest BCUT2D eigenvalue weighted by Gasteiger charge is 2.14. The second-order valence-corrected chi connectivity index (χ2v) is 5.35. The molecule has 0 spiro atoms. The lowest BCUT2D eigenvalue weighted by Crippen LogP contribution is -2.38. The zero-order valence-corrected chi connectivity index (χ0v) is 13.0. The fourth-order valence-electron chi connectivity index (χ4n) is 1.59. The molecule has 1 rings (SSSR count). The zero-order chi connectivity index (χ0) is 14.3. The highest BCUT2D eigenvalue weighted by Crippen LogP contribution is 2.27. The molecule has 0 fully saturated rings. The molecule has 1 aromatic rings. The number of carbonyl (C=O) groups is 1. The van der Waals surface area contributed by atoms with Crippen LogP contribution in [0, 0.1) is 0 Å². The van der Waals surface area contributed by atoms with E-state index in [4.69, 9.17) is 21.4 Å². The highest BCUT2D eigenvalue weighted by molar-refractivity contribution is 9.10. The minimum absolute atomic E-state index is 0.397. The van der Waals surface area contributed by atoms with Gasteiger partial charge in [0.05, 0.1) is 4.47 Å². The number of ether oxygens (including phenoxy) is 1. The Labute approximate surface area is 126 Å². The first-order chi connectivity index (χ1) is 9.04. The van der Waals surface area contributed by atoms with Crippen LogP contribution in [0.1, 0.15) is 19.8 Å². The number of hydrogen-bond donors (Lipinski definition) is 2. The van der Waals surface area contributed by atoms with Gasteiger partial charge in [-0.2, -0.15) is 0 Å². The number of rotatable bonds is 8. The predicted molar refractivity (Wildman–Crippen MR) is 79.0 cm³/mol. The highest BCUT2D eigenvalue weighted by atomic mass is 79.9. The summed E-state index contributed by atoms with van der Waals surface area (Å²) in [5.41, 5.74) is 0. The SMILES string of the molecule is CCCC(NCCOc1ccc(Cl)cc1Br)C(=O)O. The molecule has 0 saturated carbocycles. The van der Waals surface area contributed by atoms with Gasteiger partial charge in [0.2, 0.25) is 0 Å². The lowest BCUT2D eigenvalue weighted by molar-refractivity contribution is -0.139. The molecule has 0 radical (unpaired) electrons. The molecule has 0 heterocycles. The van der Waals surface area contributed by atoms with Gasteiger partial charge in [-0.25, -0.2) is 0 Å². The molecule has 0 aromatic heterocycles. The zero-order valence-electron chi connectivity index (χ0n) is 10.7. The van der Waals surface area contributed by atoms with Gasteiger partial charge in [-0.3, -0.25) is 4.79 Å². The molecule has 0 aliphatic heterocycles. The molecule has 19 heavy (non-hydrogen) atoms. The van der Waals surface area contributed by atoms with E-state index < -0.39 is 12.0 Å². The molecule has 0 aliphatic rings. The van der Waals surface area contributed by atoms with E-state index >= 15 is 0 Å². The summed E-state index contributed by atoms with van der Waals surface area (Å²) >= 11 is 9.18.